The van der Waals surface area contributed by atoms with E-state index in [1.165, 1.54) is 6.07 Å². The molecule has 2 heterocycles. The number of rotatable bonds is 5. The van der Waals surface area contributed by atoms with E-state index < -0.39 is 11.9 Å². The van der Waals surface area contributed by atoms with Gasteiger partial charge >= 0.3 is 17.6 Å². The highest BCUT2D eigenvalue weighted by atomic mass is 35.5. The number of carboxylic acid groups (broad SMARTS) is 2. The number of morpholine rings is 1. The van der Waals surface area contributed by atoms with Crippen molar-refractivity contribution in [2.24, 2.45) is 0 Å². The highest BCUT2D eigenvalue weighted by Crippen LogP contribution is 2.25. The molecule has 2 aromatic rings. The first-order chi connectivity index (χ1) is 13.8. The van der Waals surface area contributed by atoms with Gasteiger partial charge in [-0.1, -0.05) is 11.6 Å². The van der Waals surface area contributed by atoms with Crippen molar-refractivity contribution >= 4 is 34.5 Å². The summed E-state index contributed by atoms with van der Waals surface area (Å²) in [6.07, 6.45) is 0. The summed E-state index contributed by atoms with van der Waals surface area (Å²) in [6.45, 7) is 7.93. The standard InChI is InChI=1S/C17H21ClN2O3.C2H2O4/c1-12-8-16-14(10-15(12)18)13(9-17(21)23-16)11-19-2-3-20-4-6-22-7-5-20;3-1(4)2(5)6/h8-10,19H,2-7,11H2,1H3;(H,3,4)(H,5,6). The monoisotopic (exact) mass is 426 g/mol. The van der Waals surface area contributed by atoms with Crippen molar-refractivity contribution in [2.75, 3.05) is 39.4 Å². The molecule has 0 amide bonds. The van der Waals surface area contributed by atoms with Gasteiger partial charge in [0.05, 0.1) is 13.2 Å². The van der Waals surface area contributed by atoms with Gasteiger partial charge in [0.2, 0.25) is 0 Å². The van der Waals surface area contributed by atoms with Gasteiger partial charge in [-0.05, 0) is 30.2 Å². The van der Waals surface area contributed by atoms with E-state index in [9.17, 15) is 4.79 Å². The number of fused-ring (bicyclic) bond motifs is 1. The molecule has 10 heteroatoms. The largest absolute Gasteiger partial charge is 0.473 e. The molecule has 158 valence electrons. The zero-order valence-electron chi connectivity index (χ0n) is 15.9. The molecule has 3 rings (SSSR count). The first-order valence-corrected chi connectivity index (χ1v) is 9.35. The number of nitrogens with zero attached hydrogens (tertiary/aromatic N) is 1. The lowest BCUT2D eigenvalue weighted by Gasteiger charge is -2.26. The lowest BCUT2D eigenvalue weighted by molar-refractivity contribution is -0.159. The second-order valence-electron chi connectivity index (χ2n) is 6.43. The summed E-state index contributed by atoms with van der Waals surface area (Å²) in [6, 6.07) is 5.22. The third kappa shape index (κ3) is 7.13. The second kappa shape index (κ2) is 10.9. The Bertz CT molecular complexity index is 911. The van der Waals surface area contributed by atoms with Gasteiger partial charge in [0.1, 0.15) is 5.58 Å². The zero-order chi connectivity index (χ0) is 21.4. The van der Waals surface area contributed by atoms with Gasteiger partial charge in [0.15, 0.2) is 0 Å². The Morgan fingerprint density at radius 3 is 2.45 bits per heavy atom. The number of aryl methyl sites for hydroxylation is 1. The van der Waals surface area contributed by atoms with E-state index in [4.69, 9.17) is 40.6 Å². The fourth-order valence-electron chi connectivity index (χ4n) is 2.78. The first-order valence-electron chi connectivity index (χ1n) is 8.98. The molecule has 0 saturated carbocycles. The van der Waals surface area contributed by atoms with Crippen molar-refractivity contribution in [3.05, 3.63) is 44.8 Å². The van der Waals surface area contributed by atoms with Crippen molar-refractivity contribution < 1.29 is 29.0 Å². The van der Waals surface area contributed by atoms with E-state index in [1.807, 2.05) is 19.1 Å². The molecule has 0 radical (unpaired) electrons. The number of aliphatic carboxylic acids is 2. The molecule has 1 aromatic heterocycles. The smallest absolute Gasteiger partial charge is 0.414 e. The van der Waals surface area contributed by atoms with Crippen molar-refractivity contribution in [1.82, 2.24) is 10.2 Å². The SMILES string of the molecule is Cc1cc2oc(=O)cc(CNCCN3CCOCC3)c2cc1Cl.O=C(O)C(=O)O. The molecule has 1 fully saturated rings. The van der Waals surface area contributed by atoms with Gasteiger partial charge in [-0.2, -0.15) is 0 Å². The van der Waals surface area contributed by atoms with E-state index in [0.717, 1.165) is 55.9 Å². The van der Waals surface area contributed by atoms with E-state index in [0.29, 0.717) is 17.2 Å². The van der Waals surface area contributed by atoms with Gasteiger partial charge in [-0.15, -0.1) is 0 Å². The molecule has 9 nitrogen and oxygen atoms in total. The molecule has 0 unspecified atom stereocenters. The predicted octanol–water partition coefficient (Wildman–Crippen LogP) is 1.33. The van der Waals surface area contributed by atoms with Crippen molar-refractivity contribution in [3.8, 4) is 0 Å². The summed E-state index contributed by atoms with van der Waals surface area (Å²) in [5.41, 5.74) is 2.08. The fourth-order valence-corrected chi connectivity index (χ4v) is 2.94. The molecule has 1 aromatic carbocycles. The molecule has 0 spiro atoms. The van der Waals surface area contributed by atoms with Gasteiger partial charge in [-0.25, -0.2) is 14.4 Å². The molecule has 0 aliphatic carbocycles. The van der Waals surface area contributed by atoms with Crippen LogP contribution in [0.2, 0.25) is 5.02 Å². The molecule has 1 saturated heterocycles. The molecule has 0 bridgehead atoms. The molecular formula is C19H23ClN2O7. The Morgan fingerprint density at radius 2 is 1.83 bits per heavy atom. The van der Waals surface area contributed by atoms with Crippen LogP contribution in [0, 0.1) is 6.92 Å². The number of halogens is 1. The van der Waals surface area contributed by atoms with Crippen LogP contribution in [0.15, 0.2) is 27.4 Å². The van der Waals surface area contributed by atoms with Gasteiger partial charge in [0.25, 0.3) is 0 Å². The average Bonchev–Trinajstić information content (AvgIpc) is 2.68. The number of hydrogen-bond acceptors (Lipinski definition) is 7. The maximum Gasteiger partial charge on any atom is 0.414 e. The van der Waals surface area contributed by atoms with Gasteiger partial charge < -0.3 is 24.7 Å². The van der Waals surface area contributed by atoms with Crippen LogP contribution in [0.3, 0.4) is 0 Å². The Kier molecular flexibility index (Phi) is 8.59. The van der Waals surface area contributed by atoms with E-state index in [2.05, 4.69) is 10.2 Å². The number of benzene rings is 1. The normalized spacial score (nSPS) is 14.3. The Balaban J connectivity index is 0.000000438. The number of nitrogens with one attached hydrogen (secondary N) is 1. The molecular weight excluding hydrogens is 404 g/mol. The summed E-state index contributed by atoms with van der Waals surface area (Å²) < 4.78 is 10.6. The van der Waals surface area contributed by atoms with Crippen molar-refractivity contribution in [3.63, 3.8) is 0 Å². The summed E-state index contributed by atoms with van der Waals surface area (Å²) >= 11 is 6.20. The molecule has 1 aliphatic heterocycles. The van der Waals surface area contributed by atoms with Crippen LogP contribution in [-0.2, 0) is 20.9 Å². The first kappa shape index (κ1) is 22.8. The van der Waals surface area contributed by atoms with Crippen molar-refractivity contribution in [1.29, 1.82) is 0 Å². The Labute approximate surface area is 171 Å². The van der Waals surface area contributed by atoms with E-state index in [-0.39, 0.29) is 5.63 Å². The highest BCUT2D eigenvalue weighted by molar-refractivity contribution is 6.32. The Morgan fingerprint density at radius 1 is 1.17 bits per heavy atom. The number of hydrogen-bond donors (Lipinski definition) is 3. The highest BCUT2D eigenvalue weighted by Gasteiger charge is 2.11. The van der Waals surface area contributed by atoms with Crippen LogP contribution in [-0.4, -0.2) is 66.4 Å². The van der Waals surface area contributed by atoms with Crippen LogP contribution in [0.25, 0.3) is 11.0 Å². The Hall–Kier alpha value is -2.46. The van der Waals surface area contributed by atoms with Crippen LogP contribution in [0.5, 0.6) is 0 Å². The number of ether oxygens (including phenoxy) is 1. The van der Waals surface area contributed by atoms with E-state index in [1.54, 1.807) is 0 Å². The topological polar surface area (TPSA) is 129 Å². The molecule has 0 atom stereocenters. The second-order valence-corrected chi connectivity index (χ2v) is 6.84. The summed E-state index contributed by atoms with van der Waals surface area (Å²) in [7, 11) is 0. The van der Waals surface area contributed by atoms with Gasteiger partial charge in [-0.3, -0.25) is 4.90 Å². The minimum Gasteiger partial charge on any atom is -0.473 e. The molecule has 1 aliphatic rings. The molecule has 3 N–H and O–H groups in total. The van der Waals surface area contributed by atoms with E-state index >= 15 is 0 Å². The van der Waals surface area contributed by atoms with Crippen molar-refractivity contribution in [2.45, 2.75) is 13.5 Å². The third-order valence-electron chi connectivity index (χ3n) is 4.32. The molecule has 29 heavy (non-hydrogen) atoms. The van der Waals surface area contributed by atoms with Crippen LogP contribution in [0.4, 0.5) is 0 Å². The lowest BCUT2D eigenvalue weighted by Crippen LogP contribution is -2.40. The predicted molar refractivity (Wildman–Crippen MR) is 106 cm³/mol. The van der Waals surface area contributed by atoms with Gasteiger partial charge in [0, 0.05) is 49.2 Å². The minimum atomic E-state index is -1.82. The fraction of sp³-hybridized carbons (Fsp3) is 0.421. The van der Waals surface area contributed by atoms with Crippen LogP contribution in [0.1, 0.15) is 11.1 Å². The average molecular weight is 427 g/mol. The minimum absolute atomic E-state index is 0.329. The summed E-state index contributed by atoms with van der Waals surface area (Å²) in [4.78, 5) is 32.3. The number of carboxylic acids is 2. The van der Waals surface area contributed by atoms with Crippen LogP contribution >= 0.6 is 11.6 Å². The summed E-state index contributed by atoms with van der Waals surface area (Å²) in [5.74, 6) is -3.65. The quantitative estimate of drug-likeness (QED) is 0.368. The lowest BCUT2D eigenvalue weighted by atomic mass is 10.1. The summed E-state index contributed by atoms with van der Waals surface area (Å²) in [5, 5.41) is 19.7. The maximum absolute atomic E-state index is 11.7. The zero-order valence-corrected chi connectivity index (χ0v) is 16.7. The van der Waals surface area contributed by atoms with Crippen LogP contribution < -0.4 is 10.9 Å². The third-order valence-corrected chi connectivity index (χ3v) is 4.72. The maximum atomic E-state index is 11.7. The number of carbonyl (C=O) groups is 2.